The number of rotatable bonds is 4. The maximum Gasteiger partial charge on any atom is 0.416 e. The second kappa shape index (κ2) is 5.29. The third kappa shape index (κ3) is 5.00. The van der Waals surface area contributed by atoms with E-state index in [1.807, 2.05) is 0 Å². The van der Waals surface area contributed by atoms with Gasteiger partial charge in [0.05, 0.1) is 22.0 Å². The minimum atomic E-state index is -4.57. The maximum atomic E-state index is 12.3. The first-order valence-electron chi connectivity index (χ1n) is 4.74. The van der Waals surface area contributed by atoms with Crippen LogP contribution in [0.2, 0.25) is 0 Å². The molecule has 0 amide bonds. The molecular weight excluding hydrogens is 329 g/mol. The van der Waals surface area contributed by atoms with Crippen LogP contribution in [0.3, 0.4) is 0 Å². The van der Waals surface area contributed by atoms with Gasteiger partial charge in [-0.25, -0.2) is 16.8 Å². The normalized spacial score (nSPS) is 13.5. The van der Waals surface area contributed by atoms with E-state index in [4.69, 9.17) is 10.7 Å². The SMILES string of the molecule is O=S(=O)(Cl)CCS(=O)(=O)c1ccc(C(F)(F)F)cc1. The number of hydrogen-bond acceptors (Lipinski definition) is 4. The number of benzene rings is 1. The number of halogens is 4. The Hall–Kier alpha value is -0.800. The molecule has 0 aliphatic rings. The molecule has 0 saturated heterocycles. The van der Waals surface area contributed by atoms with E-state index in [9.17, 15) is 30.0 Å². The van der Waals surface area contributed by atoms with Crippen molar-refractivity contribution >= 4 is 29.6 Å². The molecule has 0 radical (unpaired) electrons. The molecule has 19 heavy (non-hydrogen) atoms. The molecule has 0 saturated carbocycles. The van der Waals surface area contributed by atoms with Crippen LogP contribution in [0.4, 0.5) is 13.2 Å². The molecule has 0 heterocycles. The number of hydrogen-bond donors (Lipinski definition) is 0. The molecule has 0 aliphatic heterocycles. The molecule has 10 heteroatoms. The average Bonchev–Trinajstić information content (AvgIpc) is 2.25. The zero-order chi connectivity index (χ0) is 14.9. The minimum absolute atomic E-state index is 0.388. The molecule has 1 rings (SSSR count). The van der Waals surface area contributed by atoms with Crippen LogP contribution in [0.5, 0.6) is 0 Å². The highest BCUT2D eigenvalue weighted by molar-refractivity contribution is 8.14. The summed E-state index contributed by atoms with van der Waals surface area (Å²) >= 11 is 0. The third-order valence-corrected chi connectivity index (χ3v) is 5.28. The van der Waals surface area contributed by atoms with Gasteiger partial charge in [-0.1, -0.05) is 0 Å². The van der Waals surface area contributed by atoms with Crippen LogP contribution >= 0.6 is 10.7 Å². The van der Waals surface area contributed by atoms with Gasteiger partial charge < -0.3 is 0 Å². The highest BCUT2D eigenvalue weighted by atomic mass is 35.7. The molecule has 1 aromatic rings. The molecule has 1 aromatic carbocycles. The Morgan fingerprint density at radius 3 is 1.79 bits per heavy atom. The second-order valence-electron chi connectivity index (χ2n) is 3.58. The summed E-state index contributed by atoms with van der Waals surface area (Å²) in [6.45, 7) is 0. The Morgan fingerprint density at radius 1 is 0.947 bits per heavy atom. The largest absolute Gasteiger partial charge is 0.416 e. The summed E-state index contributed by atoms with van der Waals surface area (Å²) in [6.07, 6.45) is -4.57. The Kier molecular flexibility index (Phi) is 4.53. The lowest BCUT2D eigenvalue weighted by Gasteiger charge is -2.08. The zero-order valence-corrected chi connectivity index (χ0v) is 11.6. The van der Waals surface area contributed by atoms with E-state index >= 15 is 0 Å². The molecule has 0 spiro atoms. The van der Waals surface area contributed by atoms with Crippen LogP contribution in [0, 0.1) is 0 Å². The topological polar surface area (TPSA) is 68.3 Å². The van der Waals surface area contributed by atoms with E-state index < -0.39 is 42.1 Å². The lowest BCUT2D eigenvalue weighted by Crippen LogP contribution is -2.14. The van der Waals surface area contributed by atoms with E-state index in [1.165, 1.54) is 0 Å². The Morgan fingerprint density at radius 2 is 1.42 bits per heavy atom. The smallest absolute Gasteiger partial charge is 0.224 e. The second-order valence-corrected chi connectivity index (χ2v) is 8.59. The summed E-state index contributed by atoms with van der Waals surface area (Å²) in [5, 5.41) is 0. The fraction of sp³-hybridized carbons (Fsp3) is 0.333. The highest BCUT2D eigenvalue weighted by Gasteiger charge is 2.30. The summed E-state index contributed by atoms with van der Waals surface area (Å²) in [5.41, 5.74) is -0.989. The summed E-state index contributed by atoms with van der Waals surface area (Å²) in [7, 11) is -3.10. The molecule has 0 aromatic heterocycles. The van der Waals surface area contributed by atoms with Gasteiger partial charge in [-0.15, -0.1) is 0 Å². The predicted molar refractivity (Wildman–Crippen MR) is 63.1 cm³/mol. The summed E-state index contributed by atoms with van der Waals surface area (Å²) in [5.74, 6) is -1.60. The molecule has 0 N–H and O–H groups in total. The molecule has 0 atom stereocenters. The van der Waals surface area contributed by atoms with E-state index in [-0.39, 0.29) is 4.90 Å². The first-order chi connectivity index (χ1) is 8.42. The van der Waals surface area contributed by atoms with Crippen molar-refractivity contribution in [2.75, 3.05) is 11.5 Å². The highest BCUT2D eigenvalue weighted by Crippen LogP contribution is 2.29. The molecule has 0 aliphatic carbocycles. The summed E-state index contributed by atoms with van der Waals surface area (Å²) < 4.78 is 81.4. The fourth-order valence-corrected chi connectivity index (χ4v) is 4.21. The van der Waals surface area contributed by atoms with E-state index in [1.54, 1.807) is 0 Å². The lowest BCUT2D eigenvalue weighted by molar-refractivity contribution is -0.137. The van der Waals surface area contributed by atoms with E-state index in [0.29, 0.717) is 12.1 Å². The van der Waals surface area contributed by atoms with Gasteiger partial charge in [0, 0.05) is 10.7 Å². The van der Waals surface area contributed by atoms with Crippen molar-refractivity contribution in [2.45, 2.75) is 11.1 Å². The number of sulfone groups is 1. The van der Waals surface area contributed by atoms with Gasteiger partial charge in [0.1, 0.15) is 0 Å². The molecular formula is C9H8ClF3O4S2. The average molecular weight is 337 g/mol. The van der Waals surface area contributed by atoms with Crippen molar-refractivity contribution in [2.24, 2.45) is 0 Å². The van der Waals surface area contributed by atoms with Crippen LogP contribution in [0.25, 0.3) is 0 Å². The molecule has 0 unspecified atom stereocenters. The van der Waals surface area contributed by atoms with Gasteiger partial charge in [-0.2, -0.15) is 13.2 Å². The molecule has 0 bridgehead atoms. The van der Waals surface area contributed by atoms with Gasteiger partial charge in [0.15, 0.2) is 9.84 Å². The Bertz CT molecular complexity index is 648. The van der Waals surface area contributed by atoms with Crippen LogP contribution in [-0.2, 0) is 25.1 Å². The van der Waals surface area contributed by atoms with Crippen molar-refractivity contribution in [3.05, 3.63) is 29.8 Å². The van der Waals surface area contributed by atoms with Crippen LogP contribution < -0.4 is 0 Å². The van der Waals surface area contributed by atoms with Gasteiger partial charge in [-0.05, 0) is 24.3 Å². The van der Waals surface area contributed by atoms with Crippen LogP contribution in [-0.4, -0.2) is 28.3 Å². The van der Waals surface area contributed by atoms with E-state index in [2.05, 4.69) is 0 Å². The first kappa shape index (κ1) is 16.3. The van der Waals surface area contributed by atoms with Crippen molar-refractivity contribution in [1.82, 2.24) is 0 Å². The first-order valence-corrected chi connectivity index (χ1v) is 8.87. The lowest BCUT2D eigenvalue weighted by atomic mass is 10.2. The molecule has 4 nitrogen and oxygen atoms in total. The maximum absolute atomic E-state index is 12.3. The zero-order valence-electron chi connectivity index (χ0n) is 9.18. The minimum Gasteiger partial charge on any atom is -0.224 e. The van der Waals surface area contributed by atoms with Gasteiger partial charge >= 0.3 is 6.18 Å². The third-order valence-electron chi connectivity index (χ3n) is 2.14. The number of alkyl halides is 3. The Labute approximate surface area is 112 Å². The monoisotopic (exact) mass is 336 g/mol. The van der Waals surface area contributed by atoms with Crippen LogP contribution in [0.15, 0.2) is 29.2 Å². The van der Waals surface area contributed by atoms with Crippen molar-refractivity contribution in [3.63, 3.8) is 0 Å². The van der Waals surface area contributed by atoms with Crippen molar-refractivity contribution in [1.29, 1.82) is 0 Å². The van der Waals surface area contributed by atoms with E-state index in [0.717, 1.165) is 12.1 Å². The molecule has 108 valence electrons. The van der Waals surface area contributed by atoms with Gasteiger partial charge in [0.2, 0.25) is 9.05 Å². The standard InChI is InChI=1S/C9H8ClF3O4S2/c10-19(16,17)6-5-18(14,15)8-3-1-7(2-4-8)9(11,12)13/h1-4H,5-6H2. The summed E-state index contributed by atoms with van der Waals surface area (Å²) in [4.78, 5) is -0.388. The summed E-state index contributed by atoms with van der Waals surface area (Å²) in [6, 6.07) is 2.78. The fourth-order valence-electron chi connectivity index (χ4n) is 1.18. The van der Waals surface area contributed by atoms with Crippen LogP contribution in [0.1, 0.15) is 5.56 Å². The van der Waals surface area contributed by atoms with Crippen molar-refractivity contribution < 1.29 is 30.0 Å². The predicted octanol–water partition coefficient (Wildman–Crippen LogP) is 2.05. The molecule has 0 fully saturated rings. The Balaban J connectivity index is 2.98. The van der Waals surface area contributed by atoms with Gasteiger partial charge in [0.25, 0.3) is 0 Å². The van der Waals surface area contributed by atoms with Crippen molar-refractivity contribution in [3.8, 4) is 0 Å². The quantitative estimate of drug-likeness (QED) is 0.789. The van der Waals surface area contributed by atoms with Gasteiger partial charge in [-0.3, -0.25) is 0 Å².